The predicted octanol–water partition coefficient (Wildman–Crippen LogP) is 2.18. The Balaban J connectivity index is 2.73. The van der Waals surface area contributed by atoms with Crippen molar-refractivity contribution in [2.75, 3.05) is 20.2 Å². The lowest BCUT2D eigenvalue weighted by Crippen LogP contribution is -2.34. The first-order valence-corrected chi connectivity index (χ1v) is 6.81. The molecule has 110 valence electrons. The van der Waals surface area contributed by atoms with Gasteiger partial charge in [-0.2, -0.15) is 0 Å². The third-order valence-electron chi connectivity index (χ3n) is 3.27. The van der Waals surface area contributed by atoms with Crippen LogP contribution in [0.2, 0.25) is 0 Å². The molecule has 0 aliphatic carbocycles. The van der Waals surface area contributed by atoms with Gasteiger partial charge in [0.25, 0.3) is 0 Å². The van der Waals surface area contributed by atoms with Crippen molar-refractivity contribution < 1.29 is 14.3 Å². The van der Waals surface area contributed by atoms with Gasteiger partial charge < -0.3 is 9.64 Å². The van der Waals surface area contributed by atoms with Crippen LogP contribution in [-0.4, -0.2) is 37.0 Å². The number of carbonyl (C=O) groups is 2. The zero-order chi connectivity index (χ0) is 15.3. The van der Waals surface area contributed by atoms with Crippen LogP contribution in [0, 0.1) is 20.8 Å². The molecule has 1 rings (SSSR count). The summed E-state index contributed by atoms with van der Waals surface area (Å²) in [6, 6.07) is 4.14. The van der Waals surface area contributed by atoms with Gasteiger partial charge in [0.2, 0.25) is 5.91 Å². The molecule has 20 heavy (non-hydrogen) atoms. The molecule has 4 heteroatoms. The zero-order valence-electron chi connectivity index (χ0n) is 12.9. The number of nitrogens with zero attached hydrogens (tertiary/aromatic N) is 1. The van der Waals surface area contributed by atoms with Gasteiger partial charge in [-0.25, -0.2) is 0 Å². The molecule has 0 heterocycles. The number of hydrogen-bond acceptors (Lipinski definition) is 3. The van der Waals surface area contributed by atoms with E-state index in [4.69, 9.17) is 4.74 Å². The van der Waals surface area contributed by atoms with Crippen molar-refractivity contribution in [2.24, 2.45) is 0 Å². The Labute approximate surface area is 120 Å². The van der Waals surface area contributed by atoms with Gasteiger partial charge >= 0.3 is 5.97 Å². The van der Waals surface area contributed by atoms with Crippen LogP contribution in [0.15, 0.2) is 12.1 Å². The van der Waals surface area contributed by atoms with E-state index in [9.17, 15) is 9.59 Å². The Hall–Kier alpha value is -1.84. The van der Waals surface area contributed by atoms with Crippen LogP contribution in [0.3, 0.4) is 0 Å². The number of hydrogen-bond donors (Lipinski definition) is 0. The highest BCUT2D eigenvalue weighted by Gasteiger charge is 2.16. The Morgan fingerprint density at radius 1 is 1.15 bits per heavy atom. The Morgan fingerprint density at radius 3 is 2.20 bits per heavy atom. The van der Waals surface area contributed by atoms with Gasteiger partial charge in [-0.3, -0.25) is 9.59 Å². The average Bonchev–Trinajstić information content (AvgIpc) is 2.33. The van der Waals surface area contributed by atoms with Crippen LogP contribution in [0.1, 0.15) is 29.2 Å². The fraction of sp³-hybridized carbons (Fsp3) is 0.500. The van der Waals surface area contributed by atoms with E-state index in [0.29, 0.717) is 13.0 Å². The van der Waals surface area contributed by atoms with Crippen LogP contribution in [-0.2, 0) is 20.7 Å². The number of rotatable bonds is 5. The average molecular weight is 277 g/mol. The van der Waals surface area contributed by atoms with Crippen molar-refractivity contribution in [2.45, 2.75) is 34.1 Å². The zero-order valence-corrected chi connectivity index (χ0v) is 12.9. The second-order valence-electron chi connectivity index (χ2n) is 5.11. The van der Waals surface area contributed by atoms with Gasteiger partial charge in [0.15, 0.2) is 0 Å². The highest BCUT2D eigenvalue weighted by molar-refractivity contribution is 5.83. The van der Waals surface area contributed by atoms with Crippen LogP contribution < -0.4 is 0 Å². The molecule has 0 fully saturated rings. The fourth-order valence-corrected chi connectivity index (χ4v) is 2.26. The van der Waals surface area contributed by atoms with E-state index in [-0.39, 0.29) is 18.4 Å². The van der Waals surface area contributed by atoms with Crippen LogP contribution in [0.25, 0.3) is 0 Å². The van der Waals surface area contributed by atoms with E-state index < -0.39 is 0 Å². The number of amides is 1. The first-order valence-electron chi connectivity index (χ1n) is 6.81. The Kier molecular flexibility index (Phi) is 5.74. The van der Waals surface area contributed by atoms with Gasteiger partial charge in [-0.05, 0) is 44.4 Å². The molecule has 1 aromatic rings. The number of likely N-dealkylation sites (N-methyl/N-ethyl adjacent to an activating group) is 1. The second-order valence-corrected chi connectivity index (χ2v) is 5.11. The quantitative estimate of drug-likeness (QED) is 0.775. The van der Waals surface area contributed by atoms with Gasteiger partial charge in [0.1, 0.15) is 6.54 Å². The molecule has 0 bridgehead atoms. The molecule has 0 spiro atoms. The maximum atomic E-state index is 12.2. The van der Waals surface area contributed by atoms with Crippen LogP contribution >= 0.6 is 0 Å². The summed E-state index contributed by atoms with van der Waals surface area (Å²) in [5.41, 5.74) is 4.45. The smallest absolute Gasteiger partial charge is 0.325 e. The van der Waals surface area contributed by atoms with Crippen molar-refractivity contribution in [3.05, 3.63) is 34.4 Å². The molecule has 0 N–H and O–H groups in total. The molecule has 0 atom stereocenters. The molecule has 0 radical (unpaired) electrons. The monoisotopic (exact) mass is 277 g/mol. The first kappa shape index (κ1) is 16.2. The van der Waals surface area contributed by atoms with E-state index in [1.807, 2.05) is 20.8 Å². The van der Waals surface area contributed by atoms with Gasteiger partial charge in [-0.15, -0.1) is 0 Å². The number of benzene rings is 1. The summed E-state index contributed by atoms with van der Waals surface area (Å²) in [4.78, 5) is 24.9. The molecule has 0 aromatic heterocycles. The highest BCUT2D eigenvalue weighted by Crippen LogP contribution is 2.17. The van der Waals surface area contributed by atoms with Crippen LogP contribution in [0.4, 0.5) is 0 Å². The third kappa shape index (κ3) is 4.37. The SMILES string of the molecule is CCOC(=O)CN(C)C(=O)Cc1c(C)cc(C)cc1C. The lowest BCUT2D eigenvalue weighted by atomic mass is 9.97. The maximum Gasteiger partial charge on any atom is 0.325 e. The number of carbonyl (C=O) groups excluding carboxylic acids is 2. The van der Waals surface area contributed by atoms with Gasteiger partial charge in [-0.1, -0.05) is 17.7 Å². The molecule has 1 aromatic carbocycles. The van der Waals surface area contributed by atoms with E-state index in [1.54, 1.807) is 14.0 Å². The van der Waals surface area contributed by atoms with Gasteiger partial charge in [0, 0.05) is 7.05 Å². The van der Waals surface area contributed by atoms with Crippen molar-refractivity contribution >= 4 is 11.9 Å². The molecular weight excluding hydrogens is 254 g/mol. The second kappa shape index (κ2) is 7.08. The first-order chi connectivity index (χ1) is 9.35. The van der Waals surface area contributed by atoms with E-state index in [0.717, 1.165) is 16.7 Å². The molecular formula is C16H23NO3. The normalized spacial score (nSPS) is 10.2. The molecule has 0 saturated carbocycles. The highest BCUT2D eigenvalue weighted by atomic mass is 16.5. The Morgan fingerprint density at radius 2 is 1.70 bits per heavy atom. The van der Waals surface area contributed by atoms with Crippen molar-refractivity contribution in [3.8, 4) is 0 Å². The number of esters is 1. The Bertz CT molecular complexity index is 485. The minimum Gasteiger partial charge on any atom is -0.465 e. The van der Waals surface area contributed by atoms with Crippen molar-refractivity contribution in [1.29, 1.82) is 0 Å². The molecule has 0 aliphatic heterocycles. The summed E-state index contributed by atoms with van der Waals surface area (Å²) in [6.45, 7) is 8.13. The molecule has 1 amide bonds. The molecule has 0 saturated heterocycles. The van der Waals surface area contributed by atoms with E-state index in [1.165, 1.54) is 10.5 Å². The number of aryl methyl sites for hydroxylation is 3. The summed E-state index contributed by atoms with van der Waals surface area (Å²) in [5.74, 6) is -0.450. The number of ether oxygens (including phenoxy) is 1. The summed E-state index contributed by atoms with van der Waals surface area (Å²) in [5, 5.41) is 0. The minimum absolute atomic E-state index is 0.00334. The van der Waals surface area contributed by atoms with Crippen molar-refractivity contribution in [3.63, 3.8) is 0 Å². The lowest BCUT2D eigenvalue weighted by Gasteiger charge is -2.18. The minimum atomic E-state index is -0.374. The summed E-state index contributed by atoms with van der Waals surface area (Å²) >= 11 is 0. The molecule has 4 nitrogen and oxygen atoms in total. The summed E-state index contributed by atoms with van der Waals surface area (Å²) in [6.07, 6.45) is 0.313. The predicted molar refractivity (Wildman–Crippen MR) is 78.6 cm³/mol. The fourth-order valence-electron chi connectivity index (χ4n) is 2.26. The molecule has 0 aliphatic rings. The topological polar surface area (TPSA) is 46.6 Å². The standard InChI is InChI=1S/C16H23NO3/c1-6-20-16(19)10-17(5)15(18)9-14-12(3)7-11(2)8-13(14)4/h7-8H,6,9-10H2,1-5H3. The van der Waals surface area contributed by atoms with Crippen LogP contribution in [0.5, 0.6) is 0 Å². The molecule has 0 unspecified atom stereocenters. The van der Waals surface area contributed by atoms with E-state index >= 15 is 0 Å². The van der Waals surface area contributed by atoms with Gasteiger partial charge in [0.05, 0.1) is 13.0 Å². The summed E-state index contributed by atoms with van der Waals surface area (Å²) < 4.78 is 4.84. The lowest BCUT2D eigenvalue weighted by molar-refractivity contribution is -0.147. The largest absolute Gasteiger partial charge is 0.465 e. The van der Waals surface area contributed by atoms with Crippen molar-refractivity contribution in [1.82, 2.24) is 4.90 Å². The van der Waals surface area contributed by atoms with E-state index in [2.05, 4.69) is 12.1 Å². The maximum absolute atomic E-state index is 12.2. The summed E-state index contributed by atoms with van der Waals surface area (Å²) in [7, 11) is 1.62. The third-order valence-corrected chi connectivity index (χ3v) is 3.27.